The smallest absolute Gasteiger partial charge is 0.224 e. The van der Waals surface area contributed by atoms with Crippen molar-refractivity contribution in [1.82, 2.24) is 15.3 Å². The van der Waals surface area contributed by atoms with E-state index in [9.17, 15) is 8.42 Å². The van der Waals surface area contributed by atoms with E-state index < -0.39 is 9.84 Å². The lowest BCUT2D eigenvalue weighted by molar-refractivity contribution is 0.423. The van der Waals surface area contributed by atoms with Crippen LogP contribution in [-0.4, -0.2) is 61.6 Å². The minimum atomic E-state index is -2.99. The molecule has 0 bridgehead atoms. The number of nitrogens with one attached hydrogen (secondary N) is 2. The normalized spacial score (nSPS) is 24.9. The summed E-state index contributed by atoms with van der Waals surface area (Å²) in [7, 11) is -2.99. The summed E-state index contributed by atoms with van der Waals surface area (Å²) in [4.78, 5) is 10.9. The van der Waals surface area contributed by atoms with Crippen LogP contribution in [-0.2, 0) is 16.3 Å². The highest BCUT2D eigenvalue weighted by Gasteiger charge is 2.43. The third-order valence-corrected chi connectivity index (χ3v) is 6.37. The predicted octanol–water partition coefficient (Wildman–Crippen LogP) is 0.299. The van der Waals surface area contributed by atoms with Gasteiger partial charge in [0.2, 0.25) is 5.95 Å². The number of hydrogen-bond donors (Lipinski definition) is 2. The van der Waals surface area contributed by atoms with Crippen LogP contribution in [0.5, 0.6) is 0 Å². The summed E-state index contributed by atoms with van der Waals surface area (Å²) >= 11 is 0. The van der Waals surface area contributed by atoms with Crippen molar-refractivity contribution in [3.8, 4) is 0 Å². The van der Waals surface area contributed by atoms with Crippen molar-refractivity contribution in [2.24, 2.45) is 0 Å². The summed E-state index contributed by atoms with van der Waals surface area (Å²) in [6.45, 7) is 2.15. The molecule has 2 saturated heterocycles. The molecule has 134 valence electrons. The van der Waals surface area contributed by atoms with Gasteiger partial charge in [0.05, 0.1) is 23.8 Å². The Morgan fingerprint density at radius 1 is 1.36 bits per heavy atom. The number of aromatic nitrogens is 2. The molecular formula is C16H21N5O3S. The first-order chi connectivity index (χ1) is 12.1. The molecule has 0 amide bonds. The zero-order chi connectivity index (χ0) is 17.3. The van der Waals surface area contributed by atoms with Crippen molar-refractivity contribution < 1.29 is 12.8 Å². The van der Waals surface area contributed by atoms with Gasteiger partial charge in [-0.15, -0.1) is 0 Å². The number of nitrogens with zero attached hydrogens (tertiary/aromatic N) is 3. The Labute approximate surface area is 146 Å². The molecule has 2 atom stereocenters. The van der Waals surface area contributed by atoms with Gasteiger partial charge >= 0.3 is 0 Å². The van der Waals surface area contributed by atoms with Crippen LogP contribution in [0, 0.1) is 0 Å². The zero-order valence-corrected chi connectivity index (χ0v) is 14.6. The minimum Gasteiger partial charge on any atom is -0.469 e. The Morgan fingerprint density at radius 2 is 2.28 bits per heavy atom. The predicted molar refractivity (Wildman–Crippen MR) is 94.5 cm³/mol. The standard InChI is InChI=1S/C16H21N5O3S/c22-25(23)10-13-14(11-25)21(8-7-17-13)15-4-6-19-16(20-15)18-5-3-12-2-1-9-24-12/h1-2,4,6,9,13-14,17H,3,5,7-8,10-11H2,(H,18,19,20)/t13-,14+/m0/s1. The SMILES string of the molecule is O=S1(=O)C[C@@H]2NCCN(c3ccnc(NCCc4ccco4)n3)[C@@H]2C1. The molecule has 0 aliphatic carbocycles. The molecule has 2 fully saturated rings. The topological polar surface area (TPSA) is 100 Å². The molecule has 4 heterocycles. The Balaban J connectivity index is 1.45. The molecule has 8 nitrogen and oxygen atoms in total. The molecule has 0 aromatic carbocycles. The Morgan fingerprint density at radius 3 is 3.12 bits per heavy atom. The fourth-order valence-electron chi connectivity index (χ4n) is 3.50. The molecule has 0 radical (unpaired) electrons. The number of fused-ring (bicyclic) bond motifs is 1. The van der Waals surface area contributed by atoms with Crippen LogP contribution in [0.15, 0.2) is 35.1 Å². The highest BCUT2D eigenvalue weighted by Crippen LogP contribution is 2.25. The van der Waals surface area contributed by atoms with Crippen molar-refractivity contribution in [2.75, 3.05) is 41.4 Å². The van der Waals surface area contributed by atoms with Crippen LogP contribution in [0.2, 0.25) is 0 Å². The van der Waals surface area contributed by atoms with E-state index in [1.165, 1.54) is 0 Å². The molecule has 2 aromatic rings. The molecule has 25 heavy (non-hydrogen) atoms. The third-order valence-electron chi connectivity index (χ3n) is 4.65. The van der Waals surface area contributed by atoms with Gasteiger partial charge in [-0.1, -0.05) is 0 Å². The number of furan rings is 1. The van der Waals surface area contributed by atoms with Crippen molar-refractivity contribution >= 4 is 21.6 Å². The molecule has 9 heteroatoms. The van der Waals surface area contributed by atoms with Crippen LogP contribution in [0.25, 0.3) is 0 Å². The van der Waals surface area contributed by atoms with Crippen LogP contribution in [0.1, 0.15) is 5.76 Å². The van der Waals surface area contributed by atoms with Gasteiger partial charge in [0.1, 0.15) is 11.6 Å². The molecule has 0 spiro atoms. The van der Waals surface area contributed by atoms with Gasteiger partial charge in [-0.25, -0.2) is 13.4 Å². The number of hydrogen-bond acceptors (Lipinski definition) is 8. The fraction of sp³-hybridized carbons (Fsp3) is 0.500. The maximum Gasteiger partial charge on any atom is 0.224 e. The summed E-state index contributed by atoms with van der Waals surface area (Å²) in [5, 5.41) is 6.51. The maximum absolute atomic E-state index is 12.0. The van der Waals surface area contributed by atoms with E-state index in [1.54, 1.807) is 12.5 Å². The second-order valence-electron chi connectivity index (χ2n) is 6.39. The number of piperazine rings is 1. The molecule has 0 unspecified atom stereocenters. The number of rotatable bonds is 5. The minimum absolute atomic E-state index is 0.0240. The lowest BCUT2D eigenvalue weighted by Gasteiger charge is -2.38. The van der Waals surface area contributed by atoms with Crippen LogP contribution >= 0.6 is 0 Å². The molecule has 2 N–H and O–H groups in total. The first-order valence-electron chi connectivity index (χ1n) is 8.40. The highest BCUT2D eigenvalue weighted by molar-refractivity contribution is 7.91. The van der Waals surface area contributed by atoms with Crippen LogP contribution in [0.4, 0.5) is 11.8 Å². The van der Waals surface area contributed by atoms with Crippen molar-refractivity contribution in [3.05, 3.63) is 36.4 Å². The highest BCUT2D eigenvalue weighted by atomic mass is 32.2. The Bertz CT molecular complexity index is 824. The maximum atomic E-state index is 12.0. The average molecular weight is 363 g/mol. The monoisotopic (exact) mass is 363 g/mol. The Kier molecular flexibility index (Phi) is 4.34. The van der Waals surface area contributed by atoms with E-state index in [1.807, 2.05) is 18.2 Å². The van der Waals surface area contributed by atoms with E-state index in [0.717, 1.165) is 31.1 Å². The second kappa shape index (κ2) is 6.64. The van der Waals surface area contributed by atoms with Gasteiger partial charge in [-0.2, -0.15) is 4.98 Å². The molecule has 4 rings (SSSR count). The first kappa shape index (κ1) is 16.3. The van der Waals surface area contributed by atoms with Crippen LogP contribution < -0.4 is 15.5 Å². The van der Waals surface area contributed by atoms with Gasteiger partial charge in [0.25, 0.3) is 0 Å². The largest absolute Gasteiger partial charge is 0.469 e. The van der Waals surface area contributed by atoms with Gasteiger partial charge in [0, 0.05) is 38.3 Å². The van der Waals surface area contributed by atoms with E-state index in [4.69, 9.17) is 4.42 Å². The van der Waals surface area contributed by atoms with E-state index >= 15 is 0 Å². The summed E-state index contributed by atoms with van der Waals surface area (Å²) < 4.78 is 29.3. The summed E-state index contributed by atoms with van der Waals surface area (Å²) in [6, 6.07) is 5.54. The van der Waals surface area contributed by atoms with Crippen LogP contribution in [0.3, 0.4) is 0 Å². The lowest BCUT2D eigenvalue weighted by Crippen LogP contribution is -2.57. The molecule has 0 saturated carbocycles. The molecule has 2 aromatic heterocycles. The quantitative estimate of drug-likeness (QED) is 0.782. The van der Waals surface area contributed by atoms with Crippen molar-refractivity contribution in [3.63, 3.8) is 0 Å². The van der Waals surface area contributed by atoms with Gasteiger partial charge in [-0.05, 0) is 18.2 Å². The number of anilines is 2. The van der Waals surface area contributed by atoms with E-state index in [-0.39, 0.29) is 23.6 Å². The first-order valence-corrected chi connectivity index (χ1v) is 10.2. The summed E-state index contributed by atoms with van der Waals surface area (Å²) in [5.41, 5.74) is 0. The number of sulfone groups is 1. The van der Waals surface area contributed by atoms with E-state index in [2.05, 4.69) is 25.5 Å². The third kappa shape index (κ3) is 3.62. The van der Waals surface area contributed by atoms with E-state index in [0.29, 0.717) is 12.5 Å². The summed E-state index contributed by atoms with van der Waals surface area (Å²) in [5.74, 6) is 2.59. The average Bonchev–Trinajstić information content (AvgIpc) is 3.20. The van der Waals surface area contributed by atoms with Crippen molar-refractivity contribution in [1.29, 1.82) is 0 Å². The Hall–Kier alpha value is -2.13. The van der Waals surface area contributed by atoms with Gasteiger partial charge in [-0.3, -0.25) is 0 Å². The molecule has 2 aliphatic heterocycles. The fourth-order valence-corrected chi connectivity index (χ4v) is 5.45. The molecular weight excluding hydrogens is 342 g/mol. The van der Waals surface area contributed by atoms with Crippen molar-refractivity contribution in [2.45, 2.75) is 18.5 Å². The van der Waals surface area contributed by atoms with Gasteiger partial charge in [0.15, 0.2) is 9.84 Å². The lowest BCUT2D eigenvalue weighted by atomic mass is 10.1. The van der Waals surface area contributed by atoms with Gasteiger partial charge < -0.3 is 20.0 Å². The molecule has 2 aliphatic rings. The second-order valence-corrected chi connectivity index (χ2v) is 8.55. The summed E-state index contributed by atoms with van der Waals surface area (Å²) in [6.07, 6.45) is 4.11. The zero-order valence-electron chi connectivity index (χ0n) is 13.8.